The highest BCUT2D eigenvalue weighted by molar-refractivity contribution is 6.40. The Bertz CT molecular complexity index is 2680. The molecule has 0 aliphatic heterocycles. The molecule has 45 heavy (non-hydrogen) atoms. The molecule has 2 heterocycles. The van der Waals surface area contributed by atoms with Gasteiger partial charge in [-0.25, -0.2) is 15.0 Å². The van der Waals surface area contributed by atoms with Crippen molar-refractivity contribution in [2.45, 2.75) is 0 Å². The van der Waals surface area contributed by atoms with Crippen LogP contribution in [-0.4, -0.2) is 15.0 Å². The zero-order valence-corrected chi connectivity index (χ0v) is 24.0. The third kappa shape index (κ3) is 3.57. The molecule has 0 bridgehead atoms. The first kappa shape index (κ1) is 24.3. The molecular formula is C41H23N3O. The lowest BCUT2D eigenvalue weighted by Gasteiger charge is -2.14. The van der Waals surface area contributed by atoms with E-state index in [1.807, 2.05) is 36.4 Å². The topological polar surface area (TPSA) is 51.8 Å². The first-order chi connectivity index (χ1) is 22.3. The highest BCUT2D eigenvalue weighted by Gasteiger charge is 2.24. The van der Waals surface area contributed by atoms with Crippen LogP contribution in [0, 0.1) is 0 Å². The molecule has 0 aliphatic rings. The van der Waals surface area contributed by atoms with Gasteiger partial charge in [-0.15, -0.1) is 0 Å². The Balaban J connectivity index is 1.25. The number of fused-ring (bicyclic) bond motifs is 1. The van der Waals surface area contributed by atoms with Crippen LogP contribution in [0.3, 0.4) is 0 Å². The monoisotopic (exact) mass is 573 g/mol. The minimum atomic E-state index is 0.590. The van der Waals surface area contributed by atoms with Crippen LogP contribution in [0.4, 0.5) is 0 Å². The van der Waals surface area contributed by atoms with Gasteiger partial charge in [0.2, 0.25) is 0 Å². The third-order valence-corrected chi connectivity index (χ3v) is 9.04. The fourth-order valence-electron chi connectivity index (χ4n) is 6.98. The highest BCUT2D eigenvalue weighted by Crippen LogP contribution is 2.48. The molecule has 0 amide bonds. The maximum Gasteiger partial charge on any atom is 0.167 e. The molecule has 8 aromatic carbocycles. The van der Waals surface area contributed by atoms with Gasteiger partial charge in [0.25, 0.3) is 0 Å². The average Bonchev–Trinajstić information content (AvgIpc) is 3.51. The van der Waals surface area contributed by atoms with Crippen LogP contribution in [0.25, 0.3) is 99.5 Å². The van der Waals surface area contributed by atoms with Gasteiger partial charge in [-0.2, -0.15) is 0 Å². The summed E-state index contributed by atoms with van der Waals surface area (Å²) >= 11 is 0. The lowest BCUT2D eigenvalue weighted by Crippen LogP contribution is -2.00. The summed E-state index contributed by atoms with van der Waals surface area (Å²) in [7, 11) is 0. The molecule has 0 radical (unpaired) electrons. The van der Waals surface area contributed by atoms with Gasteiger partial charge in [-0.05, 0) is 50.2 Å². The Labute approximate surface area is 257 Å². The van der Waals surface area contributed by atoms with E-state index < -0.39 is 0 Å². The summed E-state index contributed by atoms with van der Waals surface area (Å²) < 4.78 is 6.72. The molecule has 10 aromatic rings. The van der Waals surface area contributed by atoms with Crippen LogP contribution in [-0.2, 0) is 0 Å². The first-order valence-electron chi connectivity index (χ1n) is 15.1. The van der Waals surface area contributed by atoms with Crippen molar-refractivity contribution in [1.29, 1.82) is 0 Å². The van der Waals surface area contributed by atoms with E-state index in [2.05, 4.69) is 103 Å². The Hall–Kier alpha value is -6.13. The molecule has 0 N–H and O–H groups in total. The normalized spacial score (nSPS) is 12.0. The molecule has 0 spiro atoms. The van der Waals surface area contributed by atoms with Crippen molar-refractivity contribution in [1.82, 2.24) is 15.0 Å². The summed E-state index contributed by atoms with van der Waals surface area (Å²) in [6.45, 7) is 0. The Kier molecular flexibility index (Phi) is 4.96. The molecule has 2 aromatic heterocycles. The predicted octanol–water partition coefficient (Wildman–Crippen LogP) is 10.8. The molecule has 208 valence electrons. The van der Waals surface area contributed by atoms with Crippen molar-refractivity contribution in [2.75, 3.05) is 0 Å². The standard InChI is InChI=1S/C41H23N3O/c1-3-9-24(10-4-1)25-17-20-28(21-18-25)40-42-39(27-11-5-2-6-12-27)43-41(44-40)32-23-29-22-19-26-13-7-14-30-31-15-8-16-33-36(31)37(38(32)45-33)35(29)34(26)30/h1-23H. The minimum Gasteiger partial charge on any atom is -0.455 e. The van der Waals surface area contributed by atoms with Gasteiger partial charge in [-0.1, -0.05) is 127 Å². The van der Waals surface area contributed by atoms with Crippen molar-refractivity contribution < 1.29 is 4.42 Å². The van der Waals surface area contributed by atoms with Crippen LogP contribution >= 0.6 is 0 Å². The van der Waals surface area contributed by atoms with E-state index in [-0.39, 0.29) is 0 Å². The van der Waals surface area contributed by atoms with Crippen LogP contribution in [0.5, 0.6) is 0 Å². The minimum absolute atomic E-state index is 0.590. The Morgan fingerprint density at radius 3 is 1.71 bits per heavy atom. The summed E-state index contributed by atoms with van der Waals surface area (Å²) in [6, 6.07) is 48.4. The smallest absolute Gasteiger partial charge is 0.167 e. The fraction of sp³-hybridized carbons (Fsp3) is 0. The second-order valence-electron chi connectivity index (χ2n) is 11.6. The van der Waals surface area contributed by atoms with Gasteiger partial charge in [0.1, 0.15) is 11.2 Å². The van der Waals surface area contributed by atoms with Gasteiger partial charge >= 0.3 is 0 Å². The second kappa shape index (κ2) is 9.18. The lowest BCUT2D eigenvalue weighted by atomic mass is 9.88. The van der Waals surface area contributed by atoms with E-state index in [1.54, 1.807) is 0 Å². The second-order valence-corrected chi connectivity index (χ2v) is 11.6. The number of hydrogen-bond donors (Lipinski definition) is 0. The number of hydrogen-bond acceptors (Lipinski definition) is 4. The summed E-state index contributed by atoms with van der Waals surface area (Å²) in [4.78, 5) is 15.2. The van der Waals surface area contributed by atoms with Crippen molar-refractivity contribution in [2.24, 2.45) is 0 Å². The van der Waals surface area contributed by atoms with E-state index in [9.17, 15) is 0 Å². The van der Waals surface area contributed by atoms with Crippen LogP contribution in [0.15, 0.2) is 144 Å². The summed E-state index contributed by atoms with van der Waals surface area (Å²) in [6.07, 6.45) is 0. The Morgan fingerprint density at radius 1 is 0.378 bits per heavy atom. The zero-order valence-electron chi connectivity index (χ0n) is 24.0. The molecular weight excluding hydrogens is 550 g/mol. The van der Waals surface area contributed by atoms with Crippen LogP contribution in [0.1, 0.15) is 0 Å². The zero-order chi connectivity index (χ0) is 29.5. The lowest BCUT2D eigenvalue weighted by molar-refractivity contribution is 0.670. The fourth-order valence-corrected chi connectivity index (χ4v) is 6.98. The van der Waals surface area contributed by atoms with E-state index in [0.717, 1.165) is 49.6 Å². The van der Waals surface area contributed by atoms with Crippen molar-refractivity contribution in [3.05, 3.63) is 140 Å². The van der Waals surface area contributed by atoms with Crippen molar-refractivity contribution in [3.63, 3.8) is 0 Å². The number of benzene rings is 8. The van der Waals surface area contributed by atoms with Crippen molar-refractivity contribution >= 4 is 54.3 Å². The summed E-state index contributed by atoms with van der Waals surface area (Å²) in [5, 5.41) is 9.61. The maximum atomic E-state index is 6.72. The first-order valence-corrected chi connectivity index (χ1v) is 15.1. The largest absolute Gasteiger partial charge is 0.455 e. The molecule has 0 atom stereocenters. The van der Waals surface area contributed by atoms with E-state index in [0.29, 0.717) is 17.5 Å². The summed E-state index contributed by atoms with van der Waals surface area (Å²) in [5.74, 6) is 1.84. The Morgan fingerprint density at radius 2 is 0.956 bits per heavy atom. The number of furan rings is 1. The third-order valence-electron chi connectivity index (χ3n) is 9.04. The van der Waals surface area contributed by atoms with Crippen LogP contribution in [0.2, 0.25) is 0 Å². The quantitative estimate of drug-likeness (QED) is 0.155. The SMILES string of the molecule is c1ccc(-c2ccc(-c3nc(-c4ccccc4)nc(-c4cc5ccc6cccc7c8cccc9oc4c(c98)c5c67)n3)cc2)cc1. The molecule has 0 fully saturated rings. The molecule has 0 unspecified atom stereocenters. The van der Waals surface area contributed by atoms with Gasteiger partial charge in [0, 0.05) is 27.3 Å². The van der Waals surface area contributed by atoms with Gasteiger partial charge < -0.3 is 4.42 Å². The number of nitrogens with zero attached hydrogens (tertiary/aromatic N) is 3. The van der Waals surface area contributed by atoms with Gasteiger partial charge in [-0.3, -0.25) is 0 Å². The molecule has 0 saturated heterocycles. The maximum absolute atomic E-state index is 6.72. The van der Waals surface area contributed by atoms with E-state index >= 15 is 0 Å². The average molecular weight is 574 g/mol. The highest BCUT2D eigenvalue weighted by atomic mass is 16.3. The van der Waals surface area contributed by atoms with E-state index in [1.165, 1.54) is 32.5 Å². The van der Waals surface area contributed by atoms with Crippen LogP contribution < -0.4 is 0 Å². The molecule has 10 rings (SSSR count). The predicted molar refractivity (Wildman–Crippen MR) is 184 cm³/mol. The molecule has 0 aliphatic carbocycles. The molecule has 0 saturated carbocycles. The van der Waals surface area contributed by atoms with Crippen molar-refractivity contribution in [3.8, 4) is 45.3 Å². The number of rotatable bonds is 4. The molecule has 4 nitrogen and oxygen atoms in total. The van der Waals surface area contributed by atoms with Gasteiger partial charge in [0.15, 0.2) is 17.5 Å². The molecule has 4 heteroatoms. The van der Waals surface area contributed by atoms with E-state index in [4.69, 9.17) is 19.4 Å². The van der Waals surface area contributed by atoms with Gasteiger partial charge in [0.05, 0.1) is 5.56 Å². The summed E-state index contributed by atoms with van der Waals surface area (Å²) in [5.41, 5.74) is 6.72. The number of aromatic nitrogens is 3.